The van der Waals surface area contributed by atoms with Gasteiger partial charge in [-0.25, -0.2) is 0 Å². The largest absolute Gasteiger partial charge is 0.358 e. The minimum Gasteiger partial charge on any atom is -0.358 e. The molecule has 0 unspecified atom stereocenters. The van der Waals surface area contributed by atoms with Crippen LogP contribution in [0.5, 0.6) is 0 Å². The van der Waals surface area contributed by atoms with Gasteiger partial charge in [-0.2, -0.15) is 10.2 Å². The van der Waals surface area contributed by atoms with Crippen LogP contribution in [0, 0.1) is 20.8 Å². The number of hydrogen-bond donors (Lipinski definition) is 2. The third-order valence-corrected chi connectivity index (χ3v) is 3.81. The van der Waals surface area contributed by atoms with E-state index in [4.69, 9.17) is 12.2 Å². The third-order valence-electron chi connectivity index (χ3n) is 3.56. The average molecular weight is 306 g/mol. The quantitative estimate of drug-likeness (QED) is 0.847. The topological polar surface area (TPSA) is 59.7 Å². The molecule has 2 aromatic rings. The van der Waals surface area contributed by atoms with E-state index in [9.17, 15) is 0 Å². The molecule has 0 bridgehead atoms. The smallest absolute Gasteiger partial charge is 0.171 e. The molecule has 0 amide bonds. The summed E-state index contributed by atoms with van der Waals surface area (Å²) in [5.74, 6) is 0. The van der Waals surface area contributed by atoms with E-state index >= 15 is 0 Å². The van der Waals surface area contributed by atoms with Crippen molar-refractivity contribution < 1.29 is 0 Å². The van der Waals surface area contributed by atoms with Crippen LogP contribution in [0.4, 0.5) is 5.69 Å². The minimum absolute atomic E-state index is 0.595. The Hall–Kier alpha value is -1.89. The number of thiocarbonyl (C=S) groups is 1. The molecule has 0 atom stereocenters. The Morgan fingerprint density at radius 2 is 1.95 bits per heavy atom. The van der Waals surface area contributed by atoms with E-state index in [1.165, 1.54) is 0 Å². The average Bonchev–Trinajstić information content (AvgIpc) is 2.91. The van der Waals surface area contributed by atoms with Crippen molar-refractivity contribution in [1.82, 2.24) is 24.9 Å². The molecule has 0 radical (unpaired) electrons. The Morgan fingerprint density at radius 1 is 1.24 bits per heavy atom. The monoisotopic (exact) mass is 306 g/mol. The van der Waals surface area contributed by atoms with Gasteiger partial charge in [0.05, 0.1) is 22.8 Å². The first-order chi connectivity index (χ1) is 9.92. The van der Waals surface area contributed by atoms with Gasteiger partial charge in [0.1, 0.15) is 0 Å². The number of hydrogen-bond acceptors (Lipinski definition) is 3. The number of aryl methyl sites for hydroxylation is 4. The van der Waals surface area contributed by atoms with Crippen molar-refractivity contribution in [3.05, 3.63) is 28.8 Å². The van der Waals surface area contributed by atoms with Crippen molar-refractivity contribution in [1.29, 1.82) is 0 Å². The predicted molar refractivity (Wildman–Crippen MR) is 88.4 cm³/mol. The number of anilines is 1. The summed E-state index contributed by atoms with van der Waals surface area (Å²) in [6, 6.07) is 0. The second-order valence-corrected chi connectivity index (χ2v) is 5.48. The van der Waals surface area contributed by atoms with Gasteiger partial charge in [-0.05, 0) is 39.9 Å². The maximum atomic E-state index is 5.36. The number of aromatic nitrogens is 4. The molecule has 114 valence electrons. The van der Waals surface area contributed by atoms with Crippen LogP contribution in [0.3, 0.4) is 0 Å². The summed E-state index contributed by atoms with van der Waals surface area (Å²) in [6.07, 6.45) is 2.05. The van der Waals surface area contributed by atoms with Crippen molar-refractivity contribution in [2.45, 2.75) is 40.8 Å². The maximum Gasteiger partial charge on any atom is 0.171 e. The van der Waals surface area contributed by atoms with Crippen molar-refractivity contribution in [2.75, 3.05) is 5.32 Å². The zero-order valence-electron chi connectivity index (χ0n) is 13.2. The first-order valence-corrected chi connectivity index (χ1v) is 7.41. The Labute approximate surface area is 130 Å². The van der Waals surface area contributed by atoms with Gasteiger partial charge >= 0.3 is 0 Å². The van der Waals surface area contributed by atoms with Crippen molar-refractivity contribution in [2.24, 2.45) is 7.05 Å². The highest BCUT2D eigenvalue weighted by Gasteiger charge is 2.11. The van der Waals surface area contributed by atoms with E-state index in [2.05, 4.69) is 27.8 Å². The highest BCUT2D eigenvalue weighted by Crippen LogP contribution is 2.18. The minimum atomic E-state index is 0.595. The summed E-state index contributed by atoms with van der Waals surface area (Å²) in [7, 11) is 1.92. The van der Waals surface area contributed by atoms with Crippen molar-refractivity contribution >= 4 is 23.0 Å². The standard InChI is InChI=1S/C14H22N6S/c1-6-20-8-12(9(2)18-20)7-15-14(21)16-13-10(3)17-19(5)11(13)4/h8H,6-7H2,1-5H3,(H2,15,16,21). The zero-order chi connectivity index (χ0) is 15.6. The number of nitrogens with zero attached hydrogens (tertiary/aromatic N) is 4. The molecule has 0 spiro atoms. The summed E-state index contributed by atoms with van der Waals surface area (Å²) in [6.45, 7) is 9.60. The Kier molecular flexibility index (Phi) is 4.62. The number of rotatable bonds is 4. The van der Waals surface area contributed by atoms with Crippen LogP contribution in [0.2, 0.25) is 0 Å². The SMILES string of the molecule is CCn1cc(CNC(=S)Nc2c(C)nn(C)c2C)c(C)n1. The lowest BCUT2D eigenvalue weighted by molar-refractivity contribution is 0.653. The molecule has 0 fully saturated rings. The van der Waals surface area contributed by atoms with E-state index in [0.717, 1.165) is 34.9 Å². The third kappa shape index (κ3) is 3.41. The molecule has 0 aliphatic heterocycles. The molecule has 0 saturated heterocycles. The van der Waals surface area contributed by atoms with Crippen LogP contribution >= 0.6 is 12.2 Å². The summed E-state index contributed by atoms with van der Waals surface area (Å²) in [4.78, 5) is 0. The molecule has 21 heavy (non-hydrogen) atoms. The van der Waals surface area contributed by atoms with E-state index in [1.807, 2.05) is 43.4 Å². The first-order valence-electron chi connectivity index (χ1n) is 7.00. The molecule has 0 aliphatic rings. The number of nitrogens with one attached hydrogen (secondary N) is 2. The van der Waals surface area contributed by atoms with Crippen LogP contribution in [0.25, 0.3) is 0 Å². The fourth-order valence-electron chi connectivity index (χ4n) is 2.18. The molecule has 0 aliphatic carbocycles. The fraction of sp³-hybridized carbons (Fsp3) is 0.500. The molecule has 2 heterocycles. The lowest BCUT2D eigenvalue weighted by Crippen LogP contribution is -2.28. The first kappa shape index (κ1) is 15.5. The highest BCUT2D eigenvalue weighted by atomic mass is 32.1. The van der Waals surface area contributed by atoms with E-state index in [0.29, 0.717) is 11.7 Å². The summed E-state index contributed by atoms with van der Waals surface area (Å²) < 4.78 is 3.77. The van der Waals surface area contributed by atoms with Crippen LogP contribution in [-0.2, 0) is 20.1 Å². The van der Waals surface area contributed by atoms with Gasteiger partial charge in [-0.1, -0.05) is 0 Å². The van der Waals surface area contributed by atoms with Gasteiger partial charge in [0.25, 0.3) is 0 Å². The van der Waals surface area contributed by atoms with Gasteiger partial charge in [-0.15, -0.1) is 0 Å². The van der Waals surface area contributed by atoms with Crippen molar-refractivity contribution in [3.8, 4) is 0 Å². The Morgan fingerprint density at radius 3 is 2.48 bits per heavy atom. The van der Waals surface area contributed by atoms with Crippen LogP contribution in [-0.4, -0.2) is 24.7 Å². The lowest BCUT2D eigenvalue weighted by atomic mass is 10.2. The molecular formula is C14H22N6S. The van der Waals surface area contributed by atoms with Gasteiger partial charge in [0.2, 0.25) is 0 Å². The van der Waals surface area contributed by atoms with Crippen LogP contribution in [0.1, 0.15) is 29.6 Å². The maximum absolute atomic E-state index is 5.36. The summed E-state index contributed by atoms with van der Waals surface area (Å²) >= 11 is 5.36. The second-order valence-electron chi connectivity index (χ2n) is 5.07. The summed E-state index contributed by atoms with van der Waals surface area (Å²) in [5, 5.41) is 15.8. The molecule has 6 nitrogen and oxygen atoms in total. The molecule has 2 N–H and O–H groups in total. The van der Waals surface area contributed by atoms with E-state index in [1.54, 1.807) is 0 Å². The Balaban J connectivity index is 1.97. The molecule has 7 heteroatoms. The fourth-order valence-corrected chi connectivity index (χ4v) is 2.36. The Bertz CT molecular complexity index is 655. The molecule has 0 saturated carbocycles. The molecule has 2 rings (SSSR count). The lowest BCUT2D eigenvalue weighted by Gasteiger charge is -2.10. The van der Waals surface area contributed by atoms with Gasteiger partial charge in [-0.3, -0.25) is 9.36 Å². The van der Waals surface area contributed by atoms with E-state index < -0.39 is 0 Å². The van der Waals surface area contributed by atoms with E-state index in [-0.39, 0.29) is 0 Å². The predicted octanol–water partition coefficient (Wildman–Crippen LogP) is 2.05. The molecular weight excluding hydrogens is 284 g/mol. The van der Waals surface area contributed by atoms with Crippen molar-refractivity contribution in [3.63, 3.8) is 0 Å². The van der Waals surface area contributed by atoms with Crippen LogP contribution in [0.15, 0.2) is 6.20 Å². The molecule has 2 aromatic heterocycles. The highest BCUT2D eigenvalue weighted by molar-refractivity contribution is 7.80. The second kappa shape index (κ2) is 6.26. The van der Waals surface area contributed by atoms with Gasteiger partial charge in [0, 0.05) is 31.9 Å². The zero-order valence-corrected chi connectivity index (χ0v) is 14.0. The molecule has 0 aromatic carbocycles. The van der Waals surface area contributed by atoms with Crippen LogP contribution < -0.4 is 10.6 Å². The normalized spacial score (nSPS) is 10.7. The van der Waals surface area contributed by atoms with Gasteiger partial charge < -0.3 is 10.6 Å². The van der Waals surface area contributed by atoms with Gasteiger partial charge in [0.15, 0.2) is 5.11 Å². The summed E-state index contributed by atoms with van der Waals surface area (Å²) in [5.41, 5.74) is 5.15.